The van der Waals surface area contributed by atoms with E-state index in [1.54, 1.807) is 0 Å². The number of nitro groups is 3. The highest BCUT2D eigenvalue weighted by Gasteiger charge is 2.35. The lowest BCUT2D eigenvalue weighted by atomic mass is 10.1. The van der Waals surface area contributed by atoms with E-state index >= 15 is 0 Å². The highest BCUT2D eigenvalue weighted by molar-refractivity contribution is 9.08. The van der Waals surface area contributed by atoms with Gasteiger partial charge in [-0.25, -0.2) is 0 Å². The van der Waals surface area contributed by atoms with E-state index in [0.717, 1.165) is 81.7 Å². The minimum Gasteiger partial charge on any atom is -0.489 e. The standard InChI is InChI=1S/C18H17F3N2O3.C11H15NO.C7H7Br.C7H3F3N2O4.C4H9NO/c19-18(20,21)14-8-15(23(24)25)10-17(9-14)26-16-6-7-22(12-16)11-13-4-2-1-3-5-13;13-11-6-7-12(9-11)8-10-4-2-1-3-5-10;8-6-7-4-2-1-3-5-7;8-7(9,10)4-1-5(11(13)14)3-6(2-4)12(15)16;6-4-1-2-5-3-4/h1-5,8-10,16H,6-7,11-12H2;1-5,11,13H,6-9H2;1-5H,6H2;1-3H;4-6H,1-3H2/t16-;11-;;;4-/m11..1/s1. The van der Waals surface area contributed by atoms with Gasteiger partial charge in [0.15, 0.2) is 0 Å². The third-order valence-electron chi connectivity index (χ3n) is 10.4. The minimum atomic E-state index is -4.86. The zero-order valence-corrected chi connectivity index (χ0v) is 38.6. The molecule has 69 heavy (non-hydrogen) atoms. The average molecular weight is 1040 g/mol. The molecule has 0 amide bonds. The van der Waals surface area contributed by atoms with Gasteiger partial charge in [0.05, 0.1) is 50.2 Å². The maximum atomic E-state index is 12.9. The van der Waals surface area contributed by atoms with Crippen LogP contribution in [0.5, 0.6) is 5.75 Å². The minimum absolute atomic E-state index is 0.0648. The Morgan fingerprint density at radius 3 is 1.39 bits per heavy atom. The third-order valence-corrected chi connectivity index (χ3v) is 11.0. The summed E-state index contributed by atoms with van der Waals surface area (Å²) in [5.41, 5.74) is -1.28. The summed E-state index contributed by atoms with van der Waals surface area (Å²) < 4.78 is 81.1. The Morgan fingerprint density at radius 1 is 0.594 bits per heavy atom. The number of hydrogen-bond acceptors (Lipinski definition) is 12. The molecule has 3 N–H and O–H groups in total. The second-order valence-corrected chi connectivity index (χ2v) is 16.5. The molecule has 3 aliphatic rings. The molecule has 0 bridgehead atoms. The Morgan fingerprint density at radius 2 is 1.03 bits per heavy atom. The summed E-state index contributed by atoms with van der Waals surface area (Å²) in [6, 6.07) is 33.8. The number of nitrogens with one attached hydrogen (secondary N) is 1. The van der Waals surface area contributed by atoms with Crippen molar-refractivity contribution in [2.24, 2.45) is 0 Å². The van der Waals surface area contributed by atoms with Gasteiger partial charge in [0.1, 0.15) is 11.9 Å². The second-order valence-electron chi connectivity index (χ2n) is 15.9. The van der Waals surface area contributed by atoms with Gasteiger partial charge in [0.2, 0.25) is 0 Å². The topological polar surface area (TPSA) is 198 Å². The van der Waals surface area contributed by atoms with E-state index in [1.165, 1.54) is 11.1 Å². The first-order valence-corrected chi connectivity index (χ1v) is 22.6. The van der Waals surface area contributed by atoms with Gasteiger partial charge in [0, 0.05) is 69.3 Å². The van der Waals surface area contributed by atoms with Gasteiger partial charge in [-0.15, -0.1) is 0 Å². The number of non-ortho nitro benzene ring substituents is 3. The first kappa shape index (κ1) is 55.6. The molecule has 372 valence electrons. The van der Waals surface area contributed by atoms with E-state index in [-0.39, 0.29) is 36.2 Å². The highest BCUT2D eigenvalue weighted by Crippen LogP contribution is 2.36. The summed E-state index contributed by atoms with van der Waals surface area (Å²) in [4.78, 5) is 32.8. The monoisotopic (exact) mass is 1040 g/mol. The number of ether oxygens (including phenoxy) is 1. The van der Waals surface area contributed by atoms with Crippen LogP contribution in [0.25, 0.3) is 0 Å². The number of hydrogen-bond donors (Lipinski definition) is 3. The zero-order chi connectivity index (χ0) is 50.6. The van der Waals surface area contributed by atoms with Gasteiger partial charge in [-0.1, -0.05) is 107 Å². The lowest BCUT2D eigenvalue weighted by molar-refractivity contribution is -0.394. The molecule has 0 radical (unpaired) electrons. The number of benzene rings is 5. The molecular weight excluding hydrogens is 986 g/mol. The molecule has 3 atom stereocenters. The van der Waals surface area contributed by atoms with Crippen LogP contribution >= 0.6 is 15.9 Å². The SMILES string of the molecule is BrCc1ccccc1.O=[N+]([O-])c1cc(O[C@@H]2CCN(Cc3ccccc3)C2)cc(C(F)(F)F)c1.O=[N+]([O-])c1cc([N+](=O)[O-])cc(C(F)(F)F)c1.O[C@@H]1CCN(Cc2ccccc2)C1.O[C@@H]1CCNC1. The Hall–Kier alpha value is -6.04. The van der Waals surface area contributed by atoms with Crippen LogP contribution in [-0.2, 0) is 30.8 Å². The summed E-state index contributed by atoms with van der Waals surface area (Å²) in [5.74, 6) is -0.127. The lowest BCUT2D eigenvalue weighted by Crippen LogP contribution is -2.24. The molecule has 5 aromatic rings. The van der Waals surface area contributed by atoms with Crippen LogP contribution in [0, 0.1) is 30.3 Å². The van der Waals surface area contributed by atoms with Gasteiger partial charge >= 0.3 is 12.4 Å². The first-order chi connectivity index (χ1) is 32.7. The summed E-state index contributed by atoms with van der Waals surface area (Å²) in [6.07, 6.45) is -7.50. The molecule has 0 saturated carbocycles. The fraction of sp³-hybridized carbons (Fsp3) is 0.362. The number of nitrogens with zero attached hydrogens (tertiary/aromatic N) is 5. The Kier molecular flexibility index (Phi) is 21.9. The number of rotatable bonds is 10. The molecule has 3 aliphatic heterocycles. The van der Waals surface area contributed by atoms with Gasteiger partial charge in [-0.2, -0.15) is 26.3 Å². The van der Waals surface area contributed by atoms with Crippen LogP contribution in [0.15, 0.2) is 127 Å². The van der Waals surface area contributed by atoms with Crippen molar-refractivity contribution in [3.63, 3.8) is 0 Å². The van der Waals surface area contributed by atoms with E-state index < -0.39 is 55.3 Å². The van der Waals surface area contributed by atoms with E-state index in [1.807, 2.05) is 54.6 Å². The summed E-state index contributed by atoms with van der Waals surface area (Å²) in [6.45, 7) is 6.63. The Bertz CT molecular complexity index is 2340. The van der Waals surface area contributed by atoms with Crippen LogP contribution in [0.3, 0.4) is 0 Å². The van der Waals surface area contributed by atoms with Crippen molar-refractivity contribution in [2.45, 2.75) is 68.3 Å². The van der Waals surface area contributed by atoms with Crippen LogP contribution < -0.4 is 10.1 Å². The maximum absolute atomic E-state index is 12.9. The van der Waals surface area contributed by atoms with Crippen molar-refractivity contribution in [3.05, 3.63) is 186 Å². The zero-order valence-electron chi connectivity index (χ0n) is 37.0. The predicted molar refractivity (Wildman–Crippen MR) is 249 cm³/mol. The summed E-state index contributed by atoms with van der Waals surface area (Å²) in [7, 11) is 0. The van der Waals surface area contributed by atoms with E-state index in [4.69, 9.17) is 9.84 Å². The molecule has 22 heteroatoms. The quantitative estimate of drug-likeness (QED) is 0.0519. The molecule has 5 aromatic carbocycles. The number of β-amino-alcohol motifs (C(OH)–C–C–N with tert-alkyl or cyclic N) is 2. The normalized spacial score (nSPS) is 17.9. The molecule has 15 nitrogen and oxygen atoms in total. The van der Waals surface area contributed by atoms with Gasteiger partial charge < -0.3 is 20.3 Å². The number of aliphatic hydroxyl groups excluding tert-OH is 2. The van der Waals surface area contributed by atoms with Crippen molar-refractivity contribution >= 4 is 33.0 Å². The van der Waals surface area contributed by atoms with Crippen molar-refractivity contribution in [1.82, 2.24) is 15.1 Å². The van der Waals surface area contributed by atoms with Crippen molar-refractivity contribution < 1.29 is 56.1 Å². The first-order valence-electron chi connectivity index (χ1n) is 21.4. The van der Waals surface area contributed by atoms with E-state index in [0.29, 0.717) is 25.1 Å². The molecule has 8 rings (SSSR count). The van der Waals surface area contributed by atoms with Crippen LogP contribution in [0.2, 0.25) is 0 Å². The van der Waals surface area contributed by atoms with Crippen molar-refractivity contribution in [3.8, 4) is 5.75 Å². The molecule has 0 spiro atoms. The smallest absolute Gasteiger partial charge is 0.416 e. The number of likely N-dealkylation sites (tertiary alicyclic amines) is 2. The number of nitro benzene ring substituents is 3. The lowest BCUT2D eigenvalue weighted by Gasteiger charge is -2.17. The average Bonchev–Trinajstić information content (AvgIpc) is 4.10. The number of halogens is 7. The Labute approximate surface area is 401 Å². The predicted octanol–water partition coefficient (Wildman–Crippen LogP) is 9.96. The Balaban J connectivity index is 0.000000206. The molecular formula is C47H51BrF6N6O9. The van der Waals surface area contributed by atoms with Crippen molar-refractivity contribution in [1.29, 1.82) is 0 Å². The summed E-state index contributed by atoms with van der Waals surface area (Å²) in [5, 5.41) is 53.4. The molecule has 3 fully saturated rings. The molecule has 3 heterocycles. The van der Waals surface area contributed by atoms with Crippen LogP contribution in [-0.4, -0.2) is 92.4 Å². The van der Waals surface area contributed by atoms with E-state index in [2.05, 4.69) is 67.4 Å². The van der Waals surface area contributed by atoms with Crippen LogP contribution in [0.1, 0.15) is 47.1 Å². The van der Waals surface area contributed by atoms with Crippen LogP contribution in [0.4, 0.5) is 43.4 Å². The maximum Gasteiger partial charge on any atom is 0.416 e. The second kappa shape index (κ2) is 27.2. The molecule has 0 unspecified atom stereocenters. The summed E-state index contributed by atoms with van der Waals surface area (Å²) >= 11 is 3.36. The fourth-order valence-electron chi connectivity index (χ4n) is 6.97. The van der Waals surface area contributed by atoms with Gasteiger partial charge in [-0.3, -0.25) is 40.1 Å². The highest BCUT2D eigenvalue weighted by atomic mass is 79.9. The third kappa shape index (κ3) is 20.2. The fourth-order valence-corrected chi connectivity index (χ4v) is 7.34. The molecule has 3 saturated heterocycles. The molecule has 0 aromatic heterocycles. The number of aliphatic hydroxyl groups is 2. The largest absolute Gasteiger partial charge is 0.489 e. The van der Waals surface area contributed by atoms with Crippen molar-refractivity contribution in [2.75, 3.05) is 39.3 Å². The molecule has 0 aliphatic carbocycles. The van der Waals surface area contributed by atoms with Gasteiger partial charge in [-0.05, 0) is 48.6 Å². The number of alkyl halides is 7. The van der Waals surface area contributed by atoms with Gasteiger partial charge in [0.25, 0.3) is 17.1 Å². The van der Waals surface area contributed by atoms with E-state index in [9.17, 15) is 61.8 Å².